The Morgan fingerprint density at radius 2 is 0.263 bits per heavy atom. The lowest BCUT2D eigenvalue weighted by atomic mass is 9.99. The fourth-order valence-corrected chi connectivity index (χ4v) is 17.9. The number of ether oxygens (including phenoxy) is 6. The molecule has 0 aromatic heterocycles. The molecule has 9 nitrogen and oxygen atoms in total. The molecule has 0 amide bonds. The van der Waals surface area contributed by atoms with Crippen LogP contribution < -0.4 is 44.7 Å². The zero-order valence-corrected chi connectivity index (χ0v) is 74.6. The summed E-state index contributed by atoms with van der Waals surface area (Å²) in [5, 5.41) is 6.17. The molecule has 0 radical (unpaired) electrons. The van der Waals surface area contributed by atoms with Gasteiger partial charge in [-0.3, -0.25) is 14.4 Å². The van der Waals surface area contributed by atoms with E-state index in [4.69, 9.17) is 28.4 Å². The Morgan fingerprint density at radius 3 is 0.395 bits per heavy atom. The predicted octanol–water partition coefficient (Wildman–Crippen LogP) is 33.1. The van der Waals surface area contributed by atoms with Gasteiger partial charge >= 0.3 is 0 Å². The van der Waals surface area contributed by atoms with Crippen molar-refractivity contribution in [3.05, 3.63) is 67.1 Å². The van der Waals surface area contributed by atoms with E-state index in [2.05, 4.69) is 41.5 Å². The van der Waals surface area contributed by atoms with Gasteiger partial charge in [0.25, 0.3) is 0 Å². The zero-order valence-electron chi connectivity index (χ0n) is 74.6. The van der Waals surface area contributed by atoms with Gasteiger partial charge in [0.15, 0.2) is 50.8 Å². The fraction of sp³-hybridized carbons (Fsp3) is 0.743. The monoisotopic (exact) mass is 1570 g/mol. The third kappa shape index (κ3) is 34.2. The van der Waals surface area contributed by atoms with Crippen molar-refractivity contribution in [2.45, 2.75) is 465 Å². The molecule has 0 aliphatic heterocycles. The molecular weight excluding hydrogens is 1410 g/mol. The first-order valence-corrected chi connectivity index (χ1v) is 49.5. The molecule has 7 aromatic carbocycles. The summed E-state index contributed by atoms with van der Waals surface area (Å²) >= 11 is 0. The van der Waals surface area contributed by atoms with Crippen LogP contribution in [0.15, 0.2) is 50.8 Å². The Kier molecular flexibility index (Phi) is 51.3. The zero-order chi connectivity index (χ0) is 80.5. The number of unbranched alkanes of at least 4 members (excludes halogenated alkanes) is 60. The van der Waals surface area contributed by atoms with E-state index < -0.39 is 0 Å². The first kappa shape index (κ1) is 95.8. The van der Waals surface area contributed by atoms with Gasteiger partial charge in [0.1, 0.15) is 0 Å². The molecular formula is C105H168O9. The van der Waals surface area contributed by atoms with Crippen molar-refractivity contribution in [2.75, 3.05) is 39.6 Å². The third-order valence-electron chi connectivity index (χ3n) is 25.0. The maximum absolute atomic E-state index is 16.2. The smallest absolute Gasteiger partial charge is 0.195 e. The highest BCUT2D eigenvalue weighted by Gasteiger charge is 2.30. The normalized spacial score (nSPS) is 11.9. The van der Waals surface area contributed by atoms with E-state index in [1.54, 1.807) is 0 Å². The lowest BCUT2D eigenvalue weighted by Crippen LogP contribution is -2.04. The summed E-state index contributed by atoms with van der Waals surface area (Å²) in [6.07, 6.45) is 81.9. The molecule has 0 aliphatic carbocycles. The molecule has 9 heteroatoms. The lowest BCUT2D eigenvalue weighted by Gasteiger charge is -2.14. The molecule has 0 spiro atoms. The van der Waals surface area contributed by atoms with Gasteiger partial charge in [-0.2, -0.15) is 0 Å². The van der Waals surface area contributed by atoms with Gasteiger partial charge in [0.2, 0.25) is 0 Å². The van der Waals surface area contributed by atoms with Crippen molar-refractivity contribution in [3.8, 4) is 34.5 Å². The molecule has 0 unspecified atom stereocenters. The van der Waals surface area contributed by atoms with Crippen LogP contribution in [0.25, 0.3) is 64.6 Å². The molecule has 0 fully saturated rings. The SMILES string of the molecule is CCCCCCCCCCCCCCCCOc1cc2c(=O)c3c(c2cc1OCCCCCCCCCC)c1c(=O)c2cc(OCCCCCCCCCCCCCCCC)c(OCCCCCCCCCC)cc2c1c1c(=O)c2cc(OCCCCCCCCCCCCCCCC)c(OCCCCCCCCCC)cc2c31. The topological polar surface area (TPSA) is 107 Å². The van der Waals surface area contributed by atoms with E-state index in [9.17, 15) is 0 Å². The van der Waals surface area contributed by atoms with Crippen LogP contribution in [-0.4, -0.2) is 39.6 Å². The Bertz CT molecular complexity index is 3350. The predicted molar refractivity (Wildman–Crippen MR) is 496 cm³/mol. The minimum atomic E-state index is -0.217. The lowest BCUT2D eigenvalue weighted by molar-refractivity contribution is 0.259. The number of rotatable bonds is 78. The number of fused-ring (bicyclic) bond motifs is 12. The van der Waals surface area contributed by atoms with Crippen LogP contribution in [0, 0.1) is 0 Å². The van der Waals surface area contributed by atoms with Crippen molar-refractivity contribution in [2.24, 2.45) is 0 Å². The molecule has 0 saturated carbocycles. The van der Waals surface area contributed by atoms with Gasteiger partial charge in [-0.15, -0.1) is 0 Å². The second-order valence-electron chi connectivity index (χ2n) is 35.1. The quantitative estimate of drug-likeness (QED) is 0.0345. The highest BCUT2D eigenvalue weighted by Crippen LogP contribution is 2.48. The second-order valence-corrected chi connectivity index (χ2v) is 35.1. The maximum atomic E-state index is 16.2. The van der Waals surface area contributed by atoms with Gasteiger partial charge in [0, 0.05) is 48.5 Å². The van der Waals surface area contributed by atoms with Crippen molar-refractivity contribution < 1.29 is 28.4 Å². The highest BCUT2D eigenvalue weighted by molar-refractivity contribution is 6.43. The summed E-state index contributed by atoms with van der Waals surface area (Å²) in [5.74, 6) is 3.43. The molecule has 7 aromatic rings. The Morgan fingerprint density at radius 1 is 0.149 bits per heavy atom. The highest BCUT2D eigenvalue weighted by atomic mass is 16.5. The van der Waals surface area contributed by atoms with Crippen molar-refractivity contribution in [3.63, 3.8) is 0 Å². The number of hydrogen-bond acceptors (Lipinski definition) is 9. The van der Waals surface area contributed by atoms with Crippen LogP contribution in [0.5, 0.6) is 34.5 Å². The minimum absolute atomic E-state index is 0.217. The summed E-state index contributed by atoms with van der Waals surface area (Å²) in [4.78, 5) is 48.6. The largest absolute Gasteiger partial charge is 0.490 e. The Balaban J connectivity index is 1.28. The third-order valence-corrected chi connectivity index (χ3v) is 25.0. The van der Waals surface area contributed by atoms with Gasteiger partial charge in [0.05, 0.1) is 39.6 Å². The molecule has 0 heterocycles. The van der Waals surface area contributed by atoms with Crippen LogP contribution in [0.2, 0.25) is 0 Å². The molecule has 7 rings (SSSR count). The van der Waals surface area contributed by atoms with E-state index >= 15 is 14.4 Å². The maximum Gasteiger partial charge on any atom is 0.195 e. The van der Waals surface area contributed by atoms with Crippen LogP contribution in [0.4, 0.5) is 0 Å². The van der Waals surface area contributed by atoms with E-state index in [-0.39, 0.29) is 16.3 Å². The van der Waals surface area contributed by atoms with E-state index in [1.165, 1.54) is 347 Å². The summed E-state index contributed by atoms with van der Waals surface area (Å²) < 4.78 is 41.1. The van der Waals surface area contributed by atoms with Gasteiger partial charge in [-0.1, -0.05) is 427 Å². The number of hydrogen-bond donors (Lipinski definition) is 0. The Labute approximate surface area is 695 Å². The molecule has 0 bridgehead atoms. The average Bonchev–Trinajstić information content (AvgIpc) is 1.51. The van der Waals surface area contributed by atoms with Crippen molar-refractivity contribution in [1.29, 1.82) is 0 Å². The first-order chi connectivity index (χ1) is 56.3. The molecule has 0 atom stereocenters. The van der Waals surface area contributed by atoms with E-state index in [0.717, 1.165) is 77.0 Å². The van der Waals surface area contributed by atoms with Gasteiger partial charge in [-0.05, 0) is 91.1 Å². The van der Waals surface area contributed by atoms with E-state index in [0.29, 0.717) is 139 Å². The van der Waals surface area contributed by atoms with Crippen LogP contribution in [-0.2, 0) is 0 Å². The summed E-state index contributed by atoms with van der Waals surface area (Å²) in [5.41, 5.74) is -0.651. The summed E-state index contributed by atoms with van der Waals surface area (Å²) in [7, 11) is 0. The van der Waals surface area contributed by atoms with Crippen LogP contribution in [0.1, 0.15) is 465 Å². The number of benzene rings is 4. The summed E-state index contributed by atoms with van der Waals surface area (Å²) in [6.45, 7) is 16.7. The van der Waals surface area contributed by atoms with Crippen LogP contribution in [0.3, 0.4) is 0 Å². The van der Waals surface area contributed by atoms with E-state index in [1.807, 2.05) is 36.4 Å². The first-order valence-electron chi connectivity index (χ1n) is 49.5. The van der Waals surface area contributed by atoms with Crippen LogP contribution >= 0.6 is 0 Å². The standard InChI is InChI=1S/C105H168O9/c1-7-13-19-25-31-37-40-43-46-49-52-58-64-70-76-112-94-82-88-85(79-91(94)109-73-67-61-55-34-28-22-16-10-4)97-100(103(88)106)98-86-80-92(110-74-68-62-56-35-29-23-17-11-5)95(113-77-71-65-59-53-50-47-44-41-38-32-26-20-14-8-2)83-89(86)105(108)102(98)99-87-81-93(111-75-69-63-57-36-30-24-18-12-6)96(84-90(87)104(107)101(97)99)114-78-72-66-60-54-51-48-45-42-39-33-27-21-15-9-3/h79-84H,7-78H2,1-6H3. The van der Waals surface area contributed by atoms with Gasteiger partial charge in [-0.25, -0.2) is 0 Å². The molecule has 0 N–H and O–H groups in total. The summed E-state index contributed by atoms with van der Waals surface area (Å²) in [6, 6.07) is 11.7. The Hall–Kier alpha value is -5.31. The molecule has 642 valence electrons. The average molecular weight is 1570 g/mol. The molecule has 0 saturated heterocycles. The molecule has 114 heavy (non-hydrogen) atoms. The minimum Gasteiger partial charge on any atom is -0.490 e. The van der Waals surface area contributed by atoms with Gasteiger partial charge < -0.3 is 28.4 Å². The fourth-order valence-electron chi connectivity index (χ4n) is 17.9. The van der Waals surface area contributed by atoms with Crippen molar-refractivity contribution >= 4 is 64.6 Å². The second kappa shape index (κ2) is 61.1. The molecule has 0 aliphatic rings. The van der Waals surface area contributed by atoms with Crippen molar-refractivity contribution in [1.82, 2.24) is 0 Å².